The minimum Gasteiger partial charge on any atom is -0.338 e. The summed E-state index contributed by atoms with van der Waals surface area (Å²) in [6.45, 7) is 3.80. The molecular formula is C16H21N3O2S. The van der Waals surface area contributed by atoms with Gasteiger partial charge < -0.3 is 14.9 Å². The smallest absolute Gasteiger partial charge is 0.323 e. The van der Waals surface area contributed by atoms with Crippen molar-refractivity contribution in [1.82, 2.24) is 14.9 Å². The van der Waals surface area contributed by atoms with Crippen LogP contribution in [0.1, 0.15) is 36.5 Å². The summed E-state index contributed by atoms with van der Waals surface area (Å²) in [5.74, 6) is 1.15. The number of hydrogen-bond donors (Lipinski definition) is 2. The van der Waals surface area contributed by atoms with Crippen molar-refractivity contribution in [2.45, 2.75) is 31.4 Å². The number of imidazole rings is 1. The largest absolute Gasteiger partial charge is 0.338 e. The summed E-state index contributed by atoms with van der Waals surface area (Å²) >= 11 is 1.94. The van der Waals surface area contributed by atoms with Crippen molar-refractivity contribution in [3.05, 3.63) is 34.2 Å². The highest BCUT2D eigenvalue weighted by molar-refractivity contribution is 7.99. The van der Waals surface area contributed by atoms with Crippen molar-refractivity contribution < 1.29 is 4.79 Å². The van der Waals surface area contributed by atoms with Crippen molar-refractivity contribution in [2.24, 2.45) is 0 Å². The van der Waals surface area contributed by atoms with Gasteiger partial charge in [0, 0.05) is 23.9 Å². The van der Waals surface area contributed by atoms with Gasteiger partial charge in [0.15, 0.2) is 0 Å². The van der Waals surface area contributed by atoms with Gasteiger partial charge in [-0.3, -0.25) is 4.79 Å². The van der Waals surface area contributed by atoms with Gasteiger partial charge in [-0.05, 0) is 36.8 Å². The van der Waals surface area contributed by atoms with E-state index in [-0.39, 0.29) is 11.6 Å². The highest BCUT2D eigenvalue weighted by Gasteiger charge is 2.23. The van der Waals surface area contributed by atoms with Gasteiger partial charge in [-0.15, -0.1) is 0 Å². The summed E-state index contributed by atoms with van der Waals surface area (Å²) in [7, 11) is 0. The zero-order chi connectivity index (χ0) is 15.5. The maximum atomic E-state index is 12.8. The monoisotopic (exact) mass is 319 g/mol. The van der Waals surface area contributed by atoms with Crippen LogP contribution in [-0.2, 0) is 0 Å². The van der Waals surface area contributed by atoms with Crippen molar-refractivity contribution in [3.63, 3.8) is 0 Å². The molecule has 2 aromatic rings. The fourth-order valence-electron chi connectivity index (χ4n) is 3.01. The van der Waals surface area contributed by atoms with Crippen molar-refractivity contribution in [2.75, 3.05) is 18.8 Å². The van der Waals surface area contributed by atoms with E-state index in [1.807, 2.05) is 16.7 Å². The Kier molecular flexibility index (Phi) is 4.57. The van der Waals surface area contributed by atoms with Crippen molar-refractivity contribution >= 4 is 28.7 Å². The number of rotatable bonds is 3. The number of likely N-dealkylation sites (tertiary alicyclic amines) is 1. The predicted molar refractivity (Wildman–Crippen MR) is 90.6 cm³/mol. The Hall–Kier alpha value is -1.69. The van der Waals surface area contributed by atoms with Crippen LogP contribution < -0.4 is 5.69 Å². The number of amides is 1. The number of carbonyl (C=O) groups excluding carboxylic acids is 1. The average molecular weight is 319 g/mol. The Morgan fingerprint density at radius 1 is 1.32 bits per heavy atom. The second kappa shape index (κ2) is 6.60. The van der Waals surface area contributed by atoms with Crippen LogP contribution in [0, 0.1) is 0 Å². The number of nitrogens with zero attached hydrogens (tertiary/aromatic N) is 1. The quantitative estimate of drug-likeness (QED) is 0.913. The van der Waals surface area contributed by atoms with E-state index in [0.717, 1.165) is 30.8 Å². The van der Waals surface area contributed by atoms with Crippen LogP contribution in [0.15, 0.2) is 23.0 Å². The maximum Gasteiger partial charge on any atom is 0.323 e. The fourth-order valence-corrected chi connectivity index (χ4v) is 4.10. The van der Waals surface area contributed by atoms with Gasteiger partial charge >= 0.3 is 5.69 Å². The van der Waals surface area contributed by atoms with E-state index in [2.05, 4.69) is 16.9 Å². The molecular weight excluding hydrogens is 298 g/mol. The molecule has 1 fully saturated rings. The van der Waals surface area contributed by atoms with Crippen LogP contribution in [0.4, 0.5) is 0 Å². The SMILES string of the molecule is CCS[C@@H]1CCCCN(C(=O)c2ccc3[nH]c(=O)[nH]c3c2)C1. The number of aromatic nitrogens is 2. The lowest BCUT2D eigenvalue weighted by atomic mass is 10.1. The number of fused-ring (bicyclic) bond motifs is 1. The molecule has 6 heteroatoms. The Balaban J connectivity index is 1.82. The first-order valence-corrected chi connectivity index (χ1v) is 8.85. The number of benzene rings is 1. The number of H-pyrrole nitrogens is 2. The molecule has 0 aliphatic carbocycles. The first-order valence-electron chi connectivity index (χ1n) is 7.80. The van der Waals surface area contributed by atoms with Crippen LogP contribution in [0.2, 0.25) is 0 Å². The van der Waals surface area contributed by atoms with Crippen molar-refractivity contribution in [3.8, 4) is 0 Å². The molecule has 0 bridgehead atoms. The molecule has 1 saturated heterocycles. The summed E-state index contributed by atoms with van der Waals surface area (Å²) in [5.41, 5.74) is 1.82. The molecule has 1 aromatic carbocycles. The molecule has 22 heavy (non-hydrogen) atoms. The molecule has 0 unspecified atom stereocenters. The molecule has 0 spiro atoms. The van der Waals surface area contributed by atoms with Crippen molar-refractivity contribution in [1.29, 1.82) is 0 Å². The third-order valence-corrected chi connectivity index (χ3v) is 5.27. The lowest BCUT2D eigenvalue weighted by Gasteiger charge is -2.24. The Morgan fingerprint density at radius 3 is 2.95 bits per heavy atom. The molecule has 1 aliphatic rings. The van der Waals surface area contributed by atoms with Gasteiger partial charge in [0.25, 0.3) is 5.91 Å². The summed E-state index contributed by atoms with van der Waals surface area (Å²) in [5, 5.41) is 0.534. The van der Waals surface area contributed by atoms with Crippen LogP contribution in [0.25, 0.3) is 11.0 Å². The lowest BCUT2D eigenvalue weighted by Crippen LogP contribution is -2.35. The van der Waals surface area contributed by atoms with Gasteiger partial charge in [0.1, 0.15) is 0 Å². The van der Waals surface area contributed by atoms with Crippen LogP contribution in [-0.4, -0.2) is 44.9 Å². The molecule has 118 valence electrons. The number of nitrogens with one attached hydrogen (secondary N) is 2. The molecule has 1 amide bonds. The Morgan fingerprint density at radius 2 is 2.14 bits per heavy atom. The fraction of sp³-hybridized carbons (Fsp3) is 0.500. The van der Waals surface area contributed by atoms with Gasteiger partial charge in [-0.1, -0.05) is 13.3 Å². The van der Waals surface area contributed by atoms with Gasteiger partial charge in [0.05, 0.1) is 11.0 Å². The lowest BCUT2D eigenvalue weighted by molar-refractivity contribution is 0.0763. The highest BCUT2D eigenvalue weighted by atomic mass is 32.2. The Bertz CT molecular complexity index is 721. The molecule has 0 saturated carbocycles. The predicted octanol–water partition coefficient (Wildman–Crippen LogP) is 2.60. The number of thioether (sulfide) groups is 1. The van der Waals surface area contributed by atoms with Crippen LogP contribution in [0.5, 0.6) is 0 Å². The average Bonchev–Trinajstić information content (AvgIpc) is 2.72. The number of carbonyl (C=O) groups is 1. The number of aromatic amines is 2. The maximum absolute atomic E-state index is 12.8. The summed E-state index contributed by atoms with van der Waals surface area (Å²) in [6.07, 6.45) is 3.44. The van der Waals surface area contributed by atoms with Gasteiger partial charge in [0.2, 0.25) is 0 Å². The van der Waals surface area contributed by atoms with E-state index in [1.165, 1.54) is 12.8 Å². The minimum absolute atomic E-state index is 0.0625. The second-order valence-electron chi connectivity index (χ2n) is 5.66. The molecule has 2 heterocycles. The summed E-state index contributed by atoms with van der Waals surface area (Å²) < 4.78 is 0. The molecule has 5 nitrogen and oxygen atoms in total. The van der Waals surface area contributed by atoms with E-state index in [1.54, 1.807) is 18.2 Å². The normalized spacial score (nSPS) is 19.3. The third-order valence-electron chi connectivity index (χ3n) is 4.08. The molecule has 3 rings (SSSR count). The standard InChI is InChI=1S/C16H21N3O2S/c1-2-22-12-5-3-4-8-19(10-12)15(20)11-6-7-13-14(9-11)18-16(21)17-13/h6-7,9,12H,2-5,8,10H2,1H3,(H2,17,18,21)/t12-/m1/s1. The molecule has 0 radical (unpaired) electrons. The molecule has 1 atom stereocenters. The zero-order valence-electron chi connectivity index (χ0n) is 12.7. The van der Waals surface area contributed by atoms with Gasteiger partial charge in [-0.2, -0.15) is 11.8 Å². The first kappa shape index (κ1) is 15.2. The summed E-state index contributed by atoms with van der Waals surface area (Å²) in [4.78, 5) is 31.5. The third kappa shape index (κ3) is 3.21. The zero-order valence-corrected chi connectivity index (χ0v) is 13.5. The van der Waals surface area contributed by atoms with E-state index in [4.69, 9.17) is 0 Å². The van der Waals surface area contributed by atoms with Gasteiger partial charge in [-0.25, -0.2) is 4.79 Å². The summed E-state index contributed by atoms with van der Waals surface area (Å²) in [6, 6.07) is 5.35. The van der Waals surface area contributed by atoms with E-state index < -0.39 is 0 Å². The first-order chi connectivity index (χ1) is 10.7. The topological polar surface area (TPSA) is 69.0 Å². The molecule has 1 aromatic heterocycles. The number of hydrogen-bond acceptors (Lipinski definition) is 3. The molecule has 2 N–H and O–H groups in total. The van der Waals surface area contributed by atoms with E-state index in [9.17, 15) is 9.59 Å². The van der Waals surface area contributed by atoms with Crippen LogP contribution in [0.3, 0.4) is 0 Å². The second-order valence-corrected chi connectivity index (χ2v) is 7.24. The minimum atomic E-state index is -0.242. The van der Waals surface area contributed by atoms with E-state index >= 15 is 0 Å². The highest BCUT2D eigenvalue weighted by Crippen LogP contribution is 2.23. The van der Waals surface area contributed by atoms with Crippen LogP contribution >= 0.6 is 11.8 Å². The van der Waals surface area contributed by atoms with E-state index in [0.29, 0.717) is 16.3 Å². The molecule has 1 aliphatic heterocycles. The Labute approximate surface area is 133 Å².